The van der Waals surface area contributed by atoms with Crippen molar-refractivity contribution in [1.29, 1.82) is 0 Å². The number of methoxy groups -OCH3 is 1. The van der Waals surface area contributed by atoms with Gasteiger partial charge in [0.25, 0.3) is 0 Å². The zero-order valence-corrected chi connectivity index (χ0v) is 12.1. The molecule has 0 radical (unpaired) electrons. The SMILES string of the molecule is COC(=O)c1ccc(CNC(C)c2cc(C)oc2C)o1. The summed E-state index contributed by atoms with van der Waals surface area (Å²) in [6.45, 7) is 6.46. The Hall–Kier alpha value is -2.01. The molecule has 1 unspecified atom stereocenters. The average molecular weight is 277 g/mol. The maximum Gasteiger partial charge on any atom is 0.373 e. The van der Waals surface area contributed by atoms with E-state index in [1.165, 1.54) is 7.11 Å². The molecule has 0 aliphatic heterocycles. The van der Waals surface area contributed by atoms with E-state index in [2.05, 4.69) is 17.0 Å². The lowest BCUT2D eigenvalue weighted by molar-refractivity contribution is 0.0563. The van der Waals surface area contributed by atoms with Gasteiger partial charge >= 0.3 is 5.97 Å². The van der Waals surface area contributed by atoms with E-state index in [4.69, 9.17) is 8.83 Å². The maximum absolute atomic E-state index is 11.3. The van der Waals surface area contributed by atoms with Gasteiger partial charge in [0.1, 0.15) is 17.3 Å². The monoisotopic (exact) mass is 277 g/mol. The highest BCUT2D eigenvalue weighted by molar-refractivity contribution is 5.86. The number of carbonyl (C=O) groups is 1. The van der Waals surface area contributed by atoms with E-state index in [0.29, 0.717) is 12.3 Å². The molecule has 5 nitrogen and oxygen atoms in total. The van der Waals surface area contributed by atoms with Gasteiger partial charge in [0.15, 0.2) is 0 Å². The third-order valence-electron chi connectivity index (χ3n) is 3.18. The zero-order valence-electron chi connectivity index (χ0n) is 12.1. The molecule has 1 N–H and O–H groups in total. The van der Waals surface area contributed by atoms with Crippen molar-refractivity contribution in [2.45, 2.75) is 33.4 Å². The lowest BCUT2D eigenvalue weighted by Crippen LogP contribution is -2.17. The molecule has 20 heavy (non-hydrogen) atoms. The van der Waals surface area contributed by atoms with Gasteiger partial charge in [-0.3, -0.25) is 0 Å². The lowest BCUT2D eigenvalue weighted by Gasteiger charge is -2.11. The van der Waals surface area contributed by atoms with E-state index in [1.54, 1.807) is 12.1 Å². The standard InChI is InChI=1S/C15H19NO4/c1-9-7-13(11(3)19-9)10(2)16-8-12-5-6-14(20-12)15(17)18-4/h5-7,10,16H,8H2,1-4H3. The van der Waals surface area contributed by atoms with E-state index in [1.807, 2.05) is 19.9 Å². The Morgan fingerprint density at radius 1 is 1.35 bits per heavy atom. The Morgan fingerprint density at radius 3 is 2.70 bits per heavy atom. The van der Waals surface area contributed by atoms with Gasteiger partial charge in [-0.2, -0.15) is 0 Å². The predicted octanol–water partition coefficient (Wildman–Crippen LogP) is 3.13. The van der Waals surface area contributed by atoms with Gasteiger partial charge in [0.2, 0.25) is 5.76 Å². The van der Waals surface area contributed by atoms with Gasteiger partial charge in [-0.25, -0.2) is 4.79 Å². The van der Waals surface area contributed by atoms with Crippen LogP contribution in [0.1, 0.15) is 46.4 Å². The summed E-state index contributed by atoms with van der Waals surface area (Å²) in [5, 5.41) is 3.33. The molecule has 2 aromatic rings. The summed E-state index contributed by atoms with van der Waals surface area (Å²) in [6.07, 6.45) is 0. The molecule has 2 heterocycles. The normalized spacial score (nSPS) is 12.4. The first-order valence-electron chi connectivity index (χ1n) is 6.48. The molecule has 0 bridgehead atoms. The van der Waals surface area contributed by atoms with Crippen LogP contribution in [0.3, 0.4) is 0 Å². The van der Waals surface area contributed by atoms with Crippen molar-refractivity contribution in [3.8, 4) is 0 Å². The Bertz CT molecular complexity index is 597. The van der Waals surface area contributed by atoms with Crippen LogP contribution >= 0.6 is 0 Å². The molecule has 5 heteroatoms. The summed E-state index contributed by atoms with van der Waals surface area (Å²) in [7, 11) is 1.33. The highest BCUT2D eigenvalue weighted by Gasteiger charge is 2.14. The molecule has 0 aliphatic rings. The maximum atomic E-state index is 11.3. The number of aryl methyl sites for hydroxylation is 2. The van der Waals surface area contributed by atoms with E-state index in [0.717, 1.165) is 17.1 Å². The summed E-state index contributed by atoms with van der Waals surface area (Å²) in [5.41, 5.74) is 1.13. The second kappa shape index (κ2) is 5.96. The topological polar surface area (TPSA) is 64.6 Å². The average Bonchev–Trinajstić information content (AvgIpc) is 3.01. The number of carbonyl (C=O) groups excluding carboxylic acids is 1. The second-order valence-electron chi connectivity index (χ2n) is 4.73. The Morgan fingerprint density at radius 2 is 2.10 bits per heavy atom. The van der Waals surface area contributed by atoms with E-state index in [9.17, 15) is 4.79 Å². The van der Waals surface area contributed by atoms with Crippen LogP contribution in [0.15, 0.2) is 27.0 Å². The summed E-state index contributed by atoms with van der Waals surface area (Å²) in [4.78, 5) is 11.3. The first-order valence-corrected chi connectivity index (χ1v) is 6.48. The van der Waals surface area contributed by atoms with Gasteiger partial charge in [-0.1, -0.05) is 0 Å². The molecule has 2 rings (SSSR count). The molecule has 0 amide bonds. The molecule has 0 aliphatic carbocycles. The number of rotatable bonds is 5. The fraction of sp³-hybridized carbons (Fsp3) is 0.400. The fourth-order valence-electron chi connectivity index (χ4n) is 2.13. The summed E-state index contributed by atoms with van der Waals surface area (Å²) in [6, 6.07) is 5.54. The summed E-state index contributed by atoms with van der Waals surface area (Å²) < 4.78 is 15.5. The molecule has 0 saturated heterocycles. The number of ether oxygens (including phenoxy) is 1. The molecule has 0 spiro atoms. The van der Waals surface area contributed by atoms with Crippen molar-refractivity contribution < 1.29 is 18.4 Å². The van der Waals surface area contributed by atoms with Crippen LogP contribution in [0.5, 0.6) is 0 Å². The van der Waals surface area contributed by atoms with Crippen molar-refractivity contribution in [3.05, 3.63) is 46.8 Å². The number of esters is 1. The number of hydrogen-bond donors (Lipinski definition) is 1. The smallest absolute Gasteiger partial charge is 0.373 e. The molecule has 2 aromatic heterocycles. The molecule has 108 valence electrons. The first-order chi connectivity index (χ1) is 9.51. The minimum atomic E-state index is -0.467. The third-order valence-corrected chi connectivity index (χ3v) is 3.18. The van der Waals surface area contributed by atoms with Crippen LogP contribution in [0.25, 0.3) is 0 Å². The van der Waals surface area contributed by atoms with Gasteiger partial charge in [0, 0.05) is 11.6 Å². The molecule has 0 saturated carbocycles. The largest absolute Gasteiger partial charge is 0.466 e. The minimum Gasteiger partial charge on any atom is -0.466 e. The zero-order chi connectivity index (χ0) is 14.7. The predicted molar refractivity (Wildman–Crippen MR) is 73.5 cm³/mol. The highest BCUT2D eigenvalue weighted by atomic mass is 16.5. The minimum absolute atomic E-state index is 0.138. The van der Waals surface area contributed by atoms with Crippen LogP contribution in [0, 0.1) is 13.8 Å². The van der Waals surface area contributed by atoms with Crippen molar-refractivity contribution in [2.75, 3.05) is 7.11 Å². The number of hydrogen-bond acceptors (Lipinski definition) is 5. The third kappa shape index (κ3) is 3.11. The summed E-state index contributed by atoms with van der Waals surface area (Å²) >= 11 is 0. The Kier molecular flexibility index (Phi) is 4.29. The molecule has 0 fully saturated rings. The lowest BCUT2D eigenvalue weighted by atomic mass is 10.1. The van der Waals surface area contributed by atoms with Crippen molar-refractivity contribution in [1.82, 2.24) is 5.32 Å². The van der Waals surface area contributed by atoms with Crippen LogP contribution < -0.4 is 5.32 Å². The number of nitrogens with one attached hydrogen (secondary N) is 1. The van der Waals surface area contributed by atoms with Crippen LogP contribution in [0.2, 0.25) is 0 Å². The fourth-order valence-corrected chi connectivity index (χ4v) is 2.13. The molecular weight excluding hydrogens is 258 g/mol. The van der Waals surface area contributed by atoms with E-state index in [-0.39, 0.29) is 11.8 Å². The van der Waals surface area contributed by atoms with E-state index < -0.39 is 5.97 Å². The van der Waals surface area contributed by atoms with Gasteiger partial charge in [-0.05, 0) is 39.0 Å². The van der Waals surface area contributed by atoms with Crippen LogP contribution in [-0.2, 0) is 11.3 Å². The van der Waals surface area contributed by atoms with Crippen molar-refractivity contribution in [3.63, 3.8) is 0 Å². The van der Waals surface area contributed by atoms with E-state index >= 15 is 0 Å². The first kappa shape index (κ1) is 14.4. The molecule has 1 atom stereocenters. The molecule has 0 aromatic carbocycles. The van der Waals surface area contributed by atoms with Crippen LogP contribution in [-0.4, -0.2) is 13.1 Å². The van der Waals surface area contributed by atoms with Gasteiger partial charge in [-0.15, -0.1) is 0 Å². The van der Waals surface area contributed by atoms with Gasteiger partial charge in [0.05, 0.1) is 13.7 Å². The Labute approximate surface area is 117 Å². The quantitative estimate of drug-likeness (QED) is 0.851. The highest BCUT2D eigenvalue weighted by Crippen LogP contribution is 2.21. The van der Waals surface area contributed by atoms with Crippen molar-refractivity contribution in [2.24, 2.45) is 0 Å². The van der Waals surface area contributed by atoms with Crippen LogP contribution in [0.4, 0.5) is 0 Å². The summed E-state index contributed by atoms with van der Waals surface area (Å²) in [5.74, 6) is 2.25. The Balaban J connectivity index is 1.96. The van der Waals surface area contributed by atoms with Crippen molar-refractivity contribution >= 4 is 5.97 Å². The number of furan rings is 2. The molecular formula is C15H19NO4. The second-order valence-corrected chi connectivity index (χ2v) is 4.73. The van der Waals surface area contributed by atoms with Gasteiger partial charge < -0.3 is 18.9 Å².